The summed E-state index contributed by atoms with van der Waals surface area (Å²) in [4.78, 5) is 0. The van der Waals surface area contributed by atoms with Crippen LogP contribution in [0.25, 0.3) is 21.9 Å². The van der Waals surface area contributed by atoms with E-state index in [2.05, 4.69) is 12.1 Å². The van der Waals surface area contributed by atoms with Crippen LogP contribution in [0.15, 0.2) is 58.2 Å². The van der Waals surface area contributed by atoms with Crippen molar-refractivity contribution in [2.45, 2.75) is 0 Å². The average molecular weight is 184 g/mol. The lowest BCUT2D eigenvalue weighted by Crippen LogP contribution is -1.72. The highest BCUT2D eigenvalue weighted by Gasteiger charge is 2.01. The minimum atomic E-state index is 1.09. The van der Waals surface area contributed by atoms with Gasteiger partial charge in [0, 0.05) is 16.3 Å². The second-order valence-corrected chi connectivity index (χ2v) is 3.23. The largest absolute Gasteiger partial charge is 0.472 e. The van der Waals surface area contributed by atoms with Gasteiger partial charge in [-0.15, -0.1) is 0 Å². The minimum Gasteiger partial charge on any atom is -0.472 e. The Morgan fingerprint density at radius 2 is 1.64 bits per heavy atom. The zero-order valence-electron chi connectivity index (χ0n) is 7.44. The van der Waals surface area contributed by atoms with Crippen LogP contribution >= 0.6 is 0 Å². The molecule has 0 saturated heterocycles. The van der Waals surface area contributed by atoms with Gasteiger partial charge in [0.2, 0.25) is 0 Å². The molecule has 2 nitrogen and oxygen atoms in total. The highest BCUT2D eigenvalue weighted by molar-refractivity contribution is 5.86. The van der Waals surface area contributed by atoms with E-state index in [1.807, 2.05) is 12.1 Å². The van der Waals surface area contributed by atoms with Crippen LogP contribution in [0.3, 0.4) is 0 Å². The zero-order chi connectivity index (χ0) is 9.38. The van der Waals surface area contributed by atoms with E-state index < -0.39 is 0 Å². The lowest BCUT2D eigenvalue weighted by atomic mass is 10.1. The molecule has 1 aromatic carbocycles. The SMILES string of the molecule is c1cc(-c2ccc3cocc3c2)co1. The molecule has 2 heterocycles. The smallest absolute Gasteiger partial charge is 0.0981 e. The van der Waals surface area contributed by atoms with Gasteiger partial charge >= 0.3 is 0 Å². The Morgan fingerprint density at radius 3 is 2.50 bits per heavy atom. The van der Waals surface area contributed by atoms with Crippen LogP contribution in [0, 0.1) is 0 Å². The summed E-state index contributed by atoms with van der Waals surface area (Å²) in [7, 11) is 0. The van der Waals surface area contributed by atoms with E-state index in [4.69, 9.17) is 8.83 Å². The third kappa shape index (κ3) is 1.04. The van der Waals surface area contributed by atoms with Gasteiger partial charge in [-0.3, -0.25) is 0 Å². The maximum Gasteiger partial charge on any atom is 0.0981 e. The molecule has 0 spiro atoms. The van der Waals surface area contributed by atoms with Crippen molar-refractivity contribution in [2.75, 3.05) is 0 Å². The number of fused-ring (bicyclic) bond motifs is 1. The van der Waals surface area contributed by atoms with Gasteiger partial charge in [0.25, 0.3) is 0 Å². The van der Waals surface area contributed by atoms with Gasteiger partial charge < -0.3 is 8.83 Å². The molecule has 2 aromatic heterocycles. The Labute approximate surface area is 80.8 Å². The Kier molecular flexibility index (Phi) is 1.47. The molecule has 3 rings (SSSR count). The molecule has 0 aliphatic carbocycles. The fraction of sp³-hybridized carbons (Fsp3) is 0. The molecule has 0 unspecified atom stereocenters. The van der Waals surface area contributed by atoms with E-state index >= 15 is 0 Å². The van der Waals surface area contributed by atoms with Crippen molar-refractivity contribution in [3.63, 3.8) is 0 Å². The summed E-state index contributed by atoms with van der Waals surface area (Å²) in [6, 6.07) is 8.13. The monoisotopic (exact) mass is 184 g/mol. The topological polar surface area (TPSA) is 26.3 Å². The first-order chi connectivity index (χ1) is 6.93. The minimum absolute atomic E-state index is 1.09. The van der Waals surface area contributed by atoms with Gasteiger partial charge in [0.15, 0.2) is 0 Å². The van der Waals surface area contributed by atoms with Crippen molar-refractivity contribution >= 4 is 10.8 Å². The van der Waals surface area contributed by atoms with Gasteiger partial charge in [-0.2, -0.15) is 0 Å². The second-order valence-electron chi connectivity index (χ2n) is 3.23. The Hall–Kier alpha value is -1.96. The van der Waals surface area contributed by atoms with E-state index in [-0.39, 0.29) is 0 Å². The Balaban J connectivity index is 2.23. The standard InChI is InChI=1S/C12H8O2/c1-2-10-7-14-8-12(10)5-9(1)11-3-4-13-6-11/h1-8H. The van der Waals surface area contributed by atoms with E-state index in [9.17, 15) is 0 Å². The van der Waals surface area contributed by atoms with Crippen LogP contribution in [-0.4, -0.2) is 0 Å². The van der Waals surface area contributed by atoms with Gasteiger partial charge in [-0.05, 0) is 17.7 Å². The van der Waals surface area contributed by atoms with E-state index in [0.717, 1.165) is 21.9 Å². The molecule has 0 amide bonds. The number of hydrogen-bond acceptors (Lipinski definition) is 2. The van der Waals surface area contributed by atoms with Gasteiger partial charge in [-0.1, -0.05) is 12.1 Å². The van der Waals surface area contributed by atoms with Crippen molar-refractivity contribution in [1.82, 2.24) is 0 Å². The zero-order valence-corrected chi connectivity index (χ0v) is 7.44. The molecule has 2 heteroatoms. The number of benzene rings is 1. The molecule has 0 radical (unpaired) electrons. The van der Waals surface area contributed by atoms with Crippen molar-refractivity contribution in [3.8, 4) is 11.1 Å². The first kappa shape index (κ1) is 7.44. The van der Waals surface area contributed by atoms with E-state index in [1.54, 1.807) is 25.1 Å². The molecule has 0 atom stereocenters. The van der Waals surface area contributed by atoms with E-state index in [0.29, 0.717) is 0 Å². The highest BCUT2D eigenvalue weighted by atomic mass is 16.3. The van der Waals surface area contributed by atoms with Crippen LogP contribution < -0.4 is 0 Å². The predicted octanol–water partition coefficient (Wildman–Crippen LogP) is 3.69. The Bertz CT molecular complexity index is 546. The molecule has 0 bridgehead atoms. The maximum atomic E-state index is 5.11. The Morgan fingerprint density at radius 1 is 0.714 bits per heavy atom. The molecule has 68 valence electrons. The van der Waals surface area contributed by atoms with Gasteiger partial charge in [0.1, 0.15) is 0 Å². The van der Waals surface area contributed by atoms with Crippen molar-refractivity contribution in [3.05, 3.63) is 49.3 Å². The fourth-order valence-electron chi connectivity index (χ4n) is 1.57. The summed E-state index contributed by atoms with van der Waals surface area (Å²) in [5.74, 6) is 0. The second kappa shape index (κ2) is 2.77. The van der Waals surface area contributed by atoms with Crippen molar-refractivity contribution in [1.29, 1.82) is 0 Å². The summed E-state index contributed by atoms with van der Waals surface area (Å²) in [6.45, 7) is 0. The summed E-state index contributed by atoms with van der Waals surface area (Å²) < 4.78 is 10.2. The third-order valence-electron chi connectivity index (χ3n) is 2.33. The van der Waals surface area contributed by atoms with Crippen LogP contribution in [0.5, 0.6) is 0 Å². The molecule has 0 N–H and O–H groups in total. The first-order valence-electron chi connectivity index (χ1n) is 4.42. The first-order valence-corrected chi connectivity index (χ1v) is 4.42. The predicted molar refractivity (Wildman–Crippen MR) is 53.9 cm³/mol. The van der Waals surface area contributed by atoms with Gasteiger partial charge in [0.05, 0.1) is 25.1 Å². The average Bonchev–Trinajstić information content (AvgIpc) is 2.88. The number of rotatable bonds is 1. The normalized spacial score (nSPS) is 10.9. The van der Waals surface area contributed by atoms with Crippen molar-refractivity contribution in [2.24, 2.45) is 0 Å². The van der Waals surface area contributed by atoms with Crippen molar-refractivity contribution < 1.29 is 8.83 Å². The molecule has 0 saturated carbocycles. The lowest BCUT2D eigenvalue weighted by Gasteiger charge is -1.95. The maximum absolute atomic E-state index is 5.11. The fourth-order valence-corrected chi connectivity index (χ4v) is 1.57. The molecular weight excluding hydrogens is 176 g/mol. The highest BCUT2D eigenvalue weighted by Crippen LogP contribution is 2.25. The molecule has 14 heavy (non-hydrogen) atoms. The molecule has 3 aromatic rings. The van der Waals surface area contributed by atoms with Crippen LogP contribution in [-0.2, 0) is 0 Å². The van der Waals surface area contributed by atoms with E-state index in [1.165, 1.54) is 0 Å². The molecular formula is C12H8O2. The summed E-state index contributed by atoms with van der Waals surface area (Å²) >= 11 is 0. The summed E-state index contributed by atoms with van der Waals surface area (Å²) in [5.41, 5.74) is 2.24. The summed E-state index contributed by atoms with van der Waals surface area (Å²) in [6.07, 6.45) is 6.91. The lowest BCUT2D eigenvalue weighted by molar-refractivity contribution is 0.568. The number of furan rings is 2. The summed E-state index contributed by atoms with van der Waals surface area (Å²) in [5, 5.41) is 2.24. The molecule has 0 fully saturated rings. The van der Waals surface area contributed by atoms with Crippen LogP contribution in [0.1, 0.15) is 0 Å². The van der Waals surface area contributed by atoms with Crippen LogP contribution in [0.4, 0.5) is 0 Å². The third-order valence-corrected chi connectivity index (χ3v) is 2.33. The van der Waals surface area contributed by atoms with Gasteiger partial charge in [-0.25, -0.2) is 0 Å². The molecule has 0 aliphatic rings. The number of hydrogen-bond donors (Lipinski definition) is 0. The molecule has 0 aliphatic heterocycles. The van der Waals surface area contributed by atoms with Crippen LogP contribution in [0.2, 0.25) is 0 Å². The quantitative estimate of drug-likeness (QED) is 0.576.